The summed E-state index contributed by atoms with van der Waals surface area (Å²) in [4.78, 5) is 21.6. The number of carboxylic acids is 1. The summed E-state index contributed by atoms with van der Waals surface area (Å²) in [5.41, 5.74) is 0.133. The van der Waals surface area contributed by atoms with Gasteiger partial charge in [-0.1, -0.05) is 11.6 Å². The van der Waals surface area contributed by atoms with E-state index in [1.165, 1.54) is 25.3 Å². The first kappa shape index (κ1) is 12.3. The van der Waals surface area contributed by atoms with E-state index >= 15 is 0 Å². The Bertz CT molecular complexity index is 416. The summed E-state index contributed by atoms with van der Waals surface area (Å²) in [6, 6.07) is 4.25. The summed E-state index contributed by atoms with van der Waals surface area (Å²) in [5.74, 6) is -1.67. The van der Waals surface area contributed by atoms with Crippen LogP contribution in [0.3, 0.4) is 0 Å². The highest BCUT2D eigenvalue weighted by Gasteiger charge is 2.14. The van der Waals surface area contributed by atoms with Crippen LogP contribution in [0.25, 0.3) is 0 Å². The molecule has 5 nitrogen and oxygen atoms in total. The molecule has 86 valence electrons. The molecule has 0 radical (unpaired) electrons. The fraction of sp³-hybridized carbons (Fsp3) is 0.200. The molecule has 0 atom stereocenters. The van der Waals surface area contributed by atoms with Crippen LogP contribution in [-0.4, -0.2) is 30.8 Å². The van der Waals surface area contributed by atoms with Gasteiger partial charge in [-0.3, -0.25) is 0 Å². The van der Waals surface area contributed by atoms with Crippen LogP contribution in [-0.2, 0) is 9.53 Å². The fourth-order valence-corrected chi connectivity index (χ4v) is 1.20. The molecule has 0 aliphatic heterocycles. The number of hydrogen-bond donors (Lipinski definition) is 1. The minimum atomic E-state index is -1.14. The van der Waals surface area contributed by atoms with Crippen molar-refractivity contribution in [3.05, 3.63) is 28.8 Å². The van der Waals surface area contributed by atoms with Crippen molar-refractivity contribution in [1.82, 2.24) is 0 Å². The number of hydrogen-bond acceptors (Lipinski definition) is 4. The van der Waals surface area contributed by atoms with Crippen LogP contribution >= 0.6 is 11.6 Å². The Morgan fingerprint density at radius 1 is 1.44 bits per heavy atom. The SMILES string of the molecule is COC(=O)c1ccc(Cl)cc1OCC(=O)O. The minimum absolute atomic E-state index is 0.0850. The summed E-state index contributed by atoms with van der Waals surface area (Å²) in [7, 11) is 1.22. The zero-order valence-electron chi connectivity index (χ0n) is 8.40. The average Bonchev–Trinajstić information content (AvgIpc) is 2.25. The van der Waals surface area contributed by atoms with E-state index in [-0.39, 0.29) is 11.3 Å². The van der Waals surface area contributed by atoms with E-state index < -0.39 is 18.5 Å². The lowest BCUT2D eigenvalue weighted by Crippen LogP contribution is -2.12. The molecule has 1 aromatic rings. The van der Waals surface area contributed by atoms with Crippen molar-refractivity contribution < 1.29 is 24.2 Å². The lowest BCUT2D eigenvalue weighted by Gasteiger charge is -2.08. The first-order valence-electron chi connectivity index (χ1n) is 4.27. The summed E-state index contributed by atoms with van der Waals surface area (Å²) in [6.45, 7) is -0.551. The van der Waals surface area contributed by atoms with E-state index in [0.29, 0.717) is 5.02 Å². The molecule has 0 saturated heterocycles. The van der Waals surface area contributed by atoms with Gasteiger partial charge in [0.25, 0.3) is 0 Å². The molecule has 0 amide bonds. The predicted octanol–water partition coefficient (Wildman–Crippen LogP) is 1.59. The van der Waals surface area contributed by atoms with Crippen molar-refractivity contribution in [2.24, 2.45) is 0 Å². The van der Waals surface area contributed by atoms with Gasteiger partial charge in [-0.05, 0) is 18.2 Å². The highest BCUT2D eigenvalue weighted by Crippen LogP contribution is 2.24. The summed E-state index contributed by atoms with van der Waals surface area (Å²) in [6.07, 6.45) is 0. The molecule has 0 bridgehead atoms. The quantitative estimate of drug-likeness (QED) is 0.815. The summed E-state index contributed by atoms with van der Waals surface area (Å²) in [5, 5.41) is 8.80. The van der Waals surface area contributed by atoms with Gasteiger partial charge in [0.05, 0.1) is 7.11 Å². The molecule has 0 unspecified atom stereocenters. The molecule has 1 N–H and O–H groups in total. The van der Waals surface area contributed by atoms with Gasteiger partial charge >= 0.3 is 11.9 Å². The van der Waals surface area contributed by atoms with Crippen molar-refractivity contribution >= 4 is 23.5 Å². The van der Waals surface area contributed by atoms with Crippen molar-refractivity contribution in [3.63, 3.8) is 0 Å². The van der Waals surface area contributed by atoms with Gasteiger partial charge in [-0.25, -0.2) is 9.59 Å². The molecule has 0 heterocycles. The molecular formula is C10H9ClO5. The molecule has 0 aromatic heterocycles. The summed E-state index contributed by atoms with van der Waals surface area (Å²) >= 11 is 5.70. The fourth-order valence-electron chi connectivity index (χ4n) is 1.03. The smallest absolute Gasteiger partial charge is 0.341 e. The van der Waals surface area contributed by atoms with E-state index in [1.54, 1.807) is 0 Å². The second kappa shape index (κ2) is 5.37. The lowest BCUT2D eigenvalue weighted by molar-refractivity contribution is -0.139. The number of methoxy groups -OCH3 is 1. The Morgan fingerprint density at radius 3 is 2.69 bits per heavy atom. The van der Waals surface area contributed by atoms with Gasteiger partial charge in [-0.2, -0.15) is 0 Å². The molecular weight excluding hydrogens is 236 g/mol. The predicted molar refractivity (Wildman–Crippen MR) is 55.9 cm³/mol. The molecule has 16 heavy (non-hydrogen) atoms. The van der Waals surface area contributed by atoms with Crippen molar-refractivity contribution in [3.8, 4) is 5.75 Å². The van der Waals surface area contributed by atoms with Gasteiger partial charge in [0, 0.05) is 5.02 Å². The number of esters is 1. The maximum Gasteiger partial charge on any atom is 0.341 e. The molecule has 1 aromatic carbocycles. The third kappa shape index (κ3) is 3.13. The number of carbonyl (C=O) groups is 2. The number of carboxylic acid groups (broad SMARTS) is 1. The second-order valence-corrected chi connectivity index (χ2v) is 3.25. The first-order chi connectivity index (χ1) is 7.54. The van der Waals surface area contributed by atoms with Crippen LogP contribution < -0.4 is 4.74 Å². The van der Waals surface area contributed by atoms with E-state index in [4.69, 9.17) is 21.4 Å². The molecule has 0 aliphatic rings. The van der Waals surface area contributed by atoms with Gasteiger partial charge in [-0.15, -0.1) is 0 Å². The van der Waals surface area contributed by atoms with E-state index in [0.717, 1.165) is 0 Å². The molecule has 6 heteroatoms. The largest absolute Gasteiger partial charge is 0.481 e. The van der Waals surface area contributed by atoms with Crippen LogP contribution in [0.4, 0.5) is 0 Å². The Labute approximate surface area is 96.5 Å². The molecule has 1 rings (SSSR count). The van der Waals surface area contributed by atoms with E-state index in [9.17, 15) is 9.59 Å². The van der Waals surface area contributed by atoms with Gasteiger partial charge < -0.3 is 14.6 Å². The maximum absolute atomic E-state index is 11.3. The van der Waals surface area contributed by atoms with Crippen LogP contribution in [0.5, 0.6) is 5.75 Å². The Hall–Kier alpha value is -1.75. The van der Waals surface area contributed by atoms with Gasteiger partial charge in [0.2, 0.25) is 0 Å². The van der Waals surface area contributed by atoms with Crippen molar-refractivity contribution in [1.29, 1.82) is 0 Å². The highest BCUT2D eigenvalue weighted by molar-refractivity contribution is 6.30. The summed E-state index contributed by atoms with van der Waals surface area (Å²) < 4.78 is 9.43. The average molecular weight is 245 g/mol. The molecule has 0 saturated carbocycles. The maximum atomic E-state index is 11.3. The molecule has 0 aliphatic carbocycles. The molecule has 0 spiro atoms. The zero-order valence-corrected chi connectivity index (χ0v) is 9.15. The number of carbonyl (C=O) groups excluding carboxylic acids is 1. The van der Waals surface area contributed by atoms with Crippen LogP contribution in [0, 0.1) is 0 Å². The minimum Gasteiger partial charge on any atom is -0.481 e. The standard InChI is InChI=1S/C10H9ClO5/c1-15-10(14)7-3-2-6(11)4-8(7)16-5-9(12)13/h2-4H,5H2,1H3,(H,12,13). The van der Waals surface area contributed by atoms with Crippen LogP contribution in [0.2, 0.25) is 5.02 Å². The zero-order chi connectivity index (χ0) is 12.1. The van der Waals surface area contributed by atoms with E-state index in [1.807, 2.05) is 0 Å². The second-order valence-electron chi connectivity index (χ2n) is 2.81. The Kier molecular flexibility index (Phi) is 4.13. The highest BCUT2D eigenvalue weighted by atomic mass is 35.5. The lowest BCUT2D eigenvalue weighted by atomic mass is 10.2. The number of benzene rings is 1. The van der Waals surface area contributed by atoms with Crippen molar-refractivity contribution in [2.75, 3.05) is 13.7 Å². The topological polar surface area (TPSA) is 72.8 Å². The number of ether oxygens (including phenoxy) is 2. The van der Waals surface area contributed by atoms with Gasteiger partial charge in [0.15, 0.2) is 6.61 Å². The monoisotopic (exact) mass is 244 g/mol. The first-order valence-corrected chi connectivity index (χ1v) is 4.65. The van der Waals surface area contributed by atoms with E-state index in [2.05, 4.69) is 4.74 Å². The Balaban J connectivity index is 2.98. The van der Waals surface area contributed by atoms with Crippen LogP contribution in [0.1, 0.15) is 10.4 Å². The van der Waals surface area contributed by atoms with Crippen molar-refractivity contribution in [2.45, 2.75) is 0 Å². The Morgan fingerprint density at radius 2 is 2.12 bits per heavy atom. The number of rotatable bonds is 4. The third-order valence-corrected chi connectivity index (χ3v) is 1.94. The van der Waals surface area contributed by atoms with Crippen LogP contribution in [0.15, 0.2) is 18.2 Å². The number of halogens is 1. The molecule has 0 fully saturated rings. The number of aliphatic carboxylic acids is 1. The van der Waals surface area contributed by atoms with Gasteiger partial charge in [0.1, 0.15) is 11.3 Å². The third-order valence-electron chi connectivity index (χ3n) is 1.70. The normalized spacial score (nSPS) is 9.62.